The molecule has 0 aliphatic rings. The third-order valence-electron chi connectivity index (χ3n) is 2.96. The number of methoxy groups -OCH3 is 1. The molecule has 0 unspecified atom stereocenters. The van der Waals surface area contributed by atoms with Gasteiger partial charge in [-0.25, -0.2) is 0 Å². The molecule has 1 aromatic carbocycles. The Morgan fingerprint density at radius 2 is 1.77 bits per heavy atom. The predicted octanol–water partition coefficient (Wildman–Crippen LogP) is 3.01. The van der Waals surface area contributed by atoms with Crippen molar-refractivity contribution in [1.29, 1.82) is 0 Å². The number of pyridine rings is 1. The number of nitrogens with one attached hydrogen (secondary N) is 1. The van der Waals surface area contributed by atoms with Crippen LogP contribution in [0.5, 0.6) is 11.5 Å². The Balaban J connectivity index is 2.09. The van der Waals surface area contributed by atoms with Crippen molar-refractivity contribution in [2.24, 2.45) is 0 Å². The summed E-state index contributed by atoms with van der Waals surface area (Å²) < 4.78 is 57.6. The third-order valence-corrected chi connectivity index (χ3v) is 2.96. The lowest BCUT2D eigenvalue weighted by Crippen LogP contribution is -2.12. The topological polar surface area (TPSA) is 54.4 Å². The molecule has 1 aromatic heterocycles. The minimum Gasteiger partial charge on any atom is -0.504 e. The molecule has 0 fully saturated rings. The molecule has 8 heteroatoms. The van der Waals surface area contributed by atoms with E-state index >= 15 is 0 Å². The Labute approximate surface area is 123 Å². The number of anilines is 1. The van der Waals surface area contributed by atoms with Crippen LogP contribution in [0.25, 0.3) is 0 Å². The first-order valence-electron chi connectivity index (χ1n) is 6.23. The molecule has 0 spiro atoms. The normalized spacial score (nSPS) is 10.6. The Hall–Kier alpha value is -2.51. The minimum absolute atomic E-state index is 0.00463. The van der Waals surface area contributed by atoms with Crippen LogP contribution in [0.3, 0.4) is 0 Å². The fourth-order valence-corrected chi connectivity index (χ4v) is 1.85. The molecule has 118 valence electrons. The number of halogens is 4. The van der Waals surface area contributed by atoms with Gasteiger partial charge in [0, 0.05) is 6.54 Å². The lowest BCUT2D eigenvalue weighted by molar-refractivity contribution is 0.373. The van der Waals surface area contributed by atoms with Crippen molar-refractivity contribution in [3.05, 3.63) is 47.3 Å². The molecule has 0 saturated carbocycles. The molecular formula is C14H12F4N2O2. The second-order valence-electron chi connectivity index (χ2n) is 4.38. The Morgan fingerprint density at radius 1 is 1.14 bits per heavy atom. The monoisotopic (exact) mass is 316 g/mol. The second kappa shape index (κ2) is 6.50. The van der Waals surface area contributed by atoms with E-state index in [9.17, 15) is 22.7 Å². The Bertz CT molecular complexity index is 669. The van der Waals surface area contributed by atoms with Gasteiger partial charge in [-0.1, -0.05) is 6.07 Å². The zero-order valence-corrected chi connectivity index (χ0v) is 11.5. The van der Waals surface area contributed by atoms with Crippen molar-refractivity contribution in [1.82, 2.24) is 4.98 Å². The first-order valence-corrected chi connectivity index (χ1v) is 6.23. The Morgan fingerprint density at radius 3 is 2.36 bits per heavy atom. The summed E-state index contributed by atoms with van der Waals surface area (Å²) in [6, 6.07) is 4.53. The summed E-state index contributed by atoms with van der Waals surface area (Å²) in [6.45, 7) is 0.00463. The number of phenols is 1. The number of phenolic OH excluding ortho intramolecular Hbond substituents is 1. The molecule has 0 atom stereocenters. The van der Waals surface area contributed by atoms with E-state index in [-0.39, 0.29) is 24.5 Å². The number of nitrogens with zero attached hydrogens (tertiary/aromatic N) is 1. The molecule has 0 saturated heterocycles. The van der Waals surface area contributed by atoms with Crippen LogP contribution in [0.1, 0.15) is 5.56 Å². The standard InChI is InChI=1S/C14H12F4N2O2/c1-22-9-6-7(2-3-8(9)21)4-5-19-12-10(15)13(17)20-14(18)11(12)16/h2-3,6,21H,4-5H2,1H3,(H,19,20). The van der Waals surface area contributed by atoms with Crippen LogP contribution < -0.4 is 10.1 Å². The number of rotatable bonds is 5. The summed E-state index contributed by atoms with van der Waals surface area (Å²) in [7, 11) is 1.38. The first-order chi connectivity index (χ1) is 10.4. The molecule has 2 rings (SSSR count). The summed E-state index contributed by atoms with van der Waals surface area (Å²) in [5.41, 5.74) is -0.214. The quantitative estimate of drug-likeness (QED) is 0.658. The highest BCUT2D eigenvalue weighted by atomic mass is 19.2. The fourth-order valence-electron chi connectivity index (χ4n) is 1.85. The molecule has 2 N–H and O–H groups in total. The summed E-state index contributed by atoms with van der Waals surface area (Å²) in [5.74, 6) is -6.39. The summed E-state index contributed by atoms with van der Waals surface area (Å²) in [5, 5.41) is 11.7. The summed E-state index contributed by atoms with van der Waals surface area (Å²) in [4.78, 5) is 2.46. The number of ether oxygens (including phenoxy) is 1. The first kappa shape index (κ1) is 15.9. The van der Waals surface area contributed by atoms with Gasteiger partial charge >= 0.3 is 0 Å². The van der Waals surface area contributed by atoms with Crippen molar-refractivity contribution in [2.75, 3.05) is 19.0 Å². The van der Waals surface area contributed by atoms with E-state index in [1.807, 2.05) is 0 Å². The molecule has 2 aromatic rings. The van der Waals surface area contributed by atoms with Crippen molar-refractivity contribution in [3.63, 3.8) is 0 Å². The van der Waals surface area contributed by atoms with E-state index in [0.717, 1.165) is 0 Å². The fraction of sp³-hybridized carbons (Fsp3) is 0.214. The van der Waals surface area contributed by atoms with Gasteiger partial charge in [0.15, 0.2) is 11.5 Å². The Kier molecular flexibility index (Phi) is 4.69. The van der Waals surface area contributed by atoms with E-state index in [2.05, 4.69) is 10.3 Å². The number of hydrogen-bond donors (Lipinski definition) is 2. The largest absolute Gasteiger partial charge is 0.504 e. The highest BCUT2D eigenvalue weighted by Crippen LogP contribution is 2.27. The van der Waals surface area contributed by atoms with Crippen molar-refractivity contribution in [3.8, 4) is 11.5 Å². The highest BCUT2D eigenvalue weighted by molar-refractivity contribution is 5.46. The lowest BCUT2D eigenvalue weighted by Gasteiger charge is -2.10. The van der Waals surface area contributed by atoms with Crippen LogP contribution in [0, 0.1) is 23.5 Å². The number of aromatic hydroxyl groups is 1. The second-order valence-corrected chi connectivity index (χ2v) is 4.38. The molecule has 22 heavy (non-hydrogen) atoms. The smallest absolute Gasteiger partial charge is 0.253 e. The average Bonchev–Trinajstić information content (AvgIpc) is 2.50. The van der Waals surface area contributed by atoms with E-state index in [0.29, 0.717) is 5.56 Å². The maximum atomic E-state index is 13.4. The van der Waals surface area contributed by atoms with E-state index in [1.165, 1.54) is 19.2 Å². The van der Waals surface area contributed by atoms with Gasteiger partial charge < -0.3 is 15.2 Å². The minimum atomic E-state index is -1.72. The van der Waals surface area contributed by atoms with Crippen LogP contribution >= 0.6 is 0 Å². The van der Waals surface area contributed by atoms with Crippen LogP contribution in [0.4, 0.5) is 23.2 Å². The molecule has 0 radical (unpaired) electrons. The van der Waals surface area contributed by atoms with Crippen LogP contribution in [0.2, 0.25) is 0 Å². The van der Waals surface area contributed by atoms with E-state index in [1.54, 1.807) is 6.07 Å². The zero-order chi connectivity index (χ0) is 16.3. The molecular weight excluding hydrogens is 304 g/mol. The van der Waals surface area contributed by atoms with Gasteiger partial charge in [0.25, 0.3) is 11.9 Å². The predicted molar refractivity (Wildman–Crippen MR) is 70.9 cm³/mol. The van der Waals surface area contributed by atoms with Gasteiger partial charge in [0.2, 0.25) is 11.6 Å². The highest BCUT2D eigenvalue weighted by Gasteiger charge is 2.20. The van der Waals surface area contributed by atoms with Gasteiger partial charge in [-0.05, 0) is 24.1 Å². The number of benzene rings is 1. The van der Waals surface area contributed by atoms with Gasteiger partial charge in [0.05, 0.1) is 7.11 Å². The maximum absolute atomic E-state index is 13.4. The molecule has 0 amide bonds. The van der Waals surface area contributed by atoms with Gasteiger partial charge in [0.1, 0.15) is 5.69 Å². The summed E-state index contributed by atoms with van der Waals surface area (Å²) >= 11 is 0. The van der Waals surface area contributed by atoms with Gasteiger partial charge in [-0.15, -0.1) is 0 Å². The number of hydrogen-bond acceptors (Lipinski definition) is 4. The molecule has 0 bridgehead atoms. The zero-order valence-electron chi connectivity index (χ0n) is 11.5. The maximum Gasteiger partial charge on any atom is 0.253 e. The summed E-state index contributed by atoms with van der Waals surface area (Å²) in [6.07, 6.45) is 0.279. The van der Waals surface area contributed by atoms with Crippen molar-refractivity contribution >= 4 is 5.69 Å². The number of aromatic nitrogens is 1. The molecule has 1 heterocycles. The van der Waals surface area contributed by atoms with Gasteiger partial charge in [-0.3, -0.25) is 0 Å². The van der Waals surface area contributed by atoms with E-state index < -0.39 is 29.2 Å². The molecule has 0 aliphatic carbocycles. The van der Waals surface area contributed by atoms with Gasteiger partial charge in [-0.2, -0.15) is 22.5 Å². The average molecular weight is 316 g/mol. The SMILES string of the molecule is COc1cc(CCNc2c(F)c(F)nc(F)c2F)ccc1O. The molecule has 0 aliphatic heterocycles. The van der Waals surface area contributed by atoms with Crippen LogP contribution in [0.15, 0.2) is 18.2 Å². The third kappa shape index (κ3) is 3.21. The van der Waals surface area contributed by atoms with E-state index in [4.69, 9.17) is 4.74 Å². The van der Waals surface area contributed by atoms with Crippen LogP contribution in [-0.2, 0) is 6.42 Å². The molecule has 4 nitrogen and oxygen atoms in total. The van der Waals surface area contributed by atoms with Crippen molar-refractivity contribution < 1.29 is 27.4 Å². The van der Waals surface area contributed by atoms with Crippen LogP contribution in [-0.4, -0.2) is 23.7 Å². The lowest BCUT2D eigenvalue weighted by atomic mass is 10.1. The van der Waals surface area contributed by atoms with Crippen molar-refractivity contribution in [2.45, 2.75) is 6.42 Å².